The van der Waals surface area contributed by atoms with Gasteiger partial charge in [-0.1, -0.05) is 12.1 Å². The summed E-state index contributed by atoms with van der Waals surface area (Å²) in [6.45, 7) is 3.57. The summed E-state index contributed by atoms with van der Waals surface area (Å²) < 4.78 is 2.17. The predicted octanol–water partition coefficient (Wildman–Crippen LogP) is 1.70. The molecule has 0 amide bonds. The summed E-state index contributed by atoms with van der Waals surface area (Å²) in [6.07, 6.45) is 0. The lowest BCUT2D eigenvalue weighted by Gasteiger charge is -2.07. The Balaban J connectivity index is 2.81. The molecule has 0 aliphatic rings. The number of benzene rings is 1. The fraction of sp³-hybridized carbons (Fsp3) is 0.273. The van der Waals surface area contributed by atoms with Crippen LogP contribution in [0.2, 0.25) is 0 Å². The summed E-state index contributed by atoms with van der Waals surface area (Å²) in [5.41, 5.74) is 14.7. The number of aryl methyl sites for hydroxylation is 1. The molecule has 0 fully saturated rings. The SMILES string of the molecule is CCn1c(CN)cc2cccc(N)c21. The topological polar surface area (TPSA) is 57.0 Å². The molecule has 0 saturated heterocycles. The number of hydrogen-bond donors (Lipinski definition) is 2. The van der Waals surface area contributed by atoms with E-state index in [1.165, 1.54) is 5.39 Å². The first-order chi connectivity index (χ1) is 6.77. The number of nitrogen functional groups attached to an aromatic ring is 1. The highest BCUT2D eigenvalue weighted by Crippen LogP contribution is 2.24. The van der Waals surface area contributed by atoms with Gasteiger partial charge in [0.05, 0.1) is 11.2 Å². The molecular weight excluding hydrogens is 174 g/mol. The highest BCUT2D eigenvalue weighted by molar-refractivity contribution is 5.91. The quantitative estimate of drug-likeness (QED) is 0.706. The number of rotatable bonds is 2. The fourth-order valence-corrected chi connectivity index (χ4v) is 1.94. The van der Waals surface area contributed by atoms with Gasteiger partial charge in [0.2, 0.25) is 0 Å². The summed E-state index contributed by atoms with van der Waals surface area (Å²) in [6, 6.07) is 8.07. The highest BCUT2D eigenvalue weighted by Gasteiger charge is 2.07. The Morgan fingerprint density at radius 3 is 2.79 bits per heavy atom. The number of aromatic nitrogens is 1. The van der Waals surface area contributed by atoms with E-state index in [1.807, 2.05) is 12.1 Å². The van der Waals surface area contributed by atoms with Gasteiger partial charge >= 0.3 is 0 Å². The van der Waals surface area contributed by atoms with Crippen molar-refractivity contribution in [2.45, 2.75) is 20.0 Å². The maximum absolute atomic E-state index is 5.94. The van der Waals surface area contributed by atoms with Crippen LogP contribution in [0.3, 0.4) is 0 Å². The number of hydrogen-bond acceptors (Lipinski definition) is 2. The molecule has 0 saturated carbocycles. The third-order valence-electron chi connectivity index (χ3n) is 2.56. The molecule has 2 aromatic rings. The summed E-state index contributed by atoms with van der Waals surface area (Å²) in [5, 5.41) is 1.17. The zero-order chi connectivity index (χ0) is 10.1. The number of nitrogens with two attached hydrogens (primary N) is 2. The second-order valence-electron chi connectivity index (χ2n) is 3.37. The van der Waals surface area contributed by atoms with E-state index in [-0.39, 0.29) is 0 Å². The van der Waals surface area contributed by atoms with Crippen molar-refractivity contribution in [1.82, 2.24) is 4.57 Å². The molecule has 1 aromatic heterocycles. The monoisotopic (exact) mass is 189 g/mol. The Hall–Kier alpha value is -1.48. The van der Waals surface area contributed by atoms with Crippen LogP contribution in [-0.4, -0.2) is 4.57 Å². The van der Waals surface area contributed by atoms with Crippen LogP contribution in [0.4, 0.5) is 5.69 Å². The van der Waals surface area contributed by atoms with Crippen LogP contribution in [0.5, 0.6) is 0 Å². The van der Waals surface area contributed by atoms with Crippen LogP contribution in [0.1, 0.15) is 12.6 Å². The largest absolute Gasteiger partial charge is 0.397 e. The Labute approximate surface area is 83.3 Å². The number of nitrogens with zero attached hydrogens (tertiary/aromatic N) is 1. The first-order valence-corrected chi connectivity index (χ1v) is 4.84. The van der Waals surface area contributed by atoms with Crippen LogP contribution in [0.15, 0.2) is 24.3 Å². The number of para-hydroxylation sites is 1. The molecule has 0 radical (unpaired) electrons. The zero-order valence-electron chi connectivity index (χ0n) is 8.33. The molecule has 0 atom stereocenters. The normalized spacial score (nSPS) is 11.0. The minimum absolute atomic E-state index is 0.558. The van der Waals surface area contributed by atoms with Gasteiger partial charge in [0.25, 0.3) is 0 Å². The van der Waals surface area contributed by atoms with Gasteiger partial charge in [0.15, 0.2) is 0 Å². The van der Waals surface area contributed by atoms with Crippen molar-refractivity contribution < 1.29 is 0 Å². The maximum Gasteiger partial charge on any atom is 0.0716 e. The number of fused-ring (bicyclic) bond motifs is 1. The van der Waals surface area contributed by atoms with Crippen molar-refractivity contribution in [2.75, 3.05) is 5.73 Å². The Bertz CT molecular complexity index is 457. The van der Waals surface area contributed by atoms with E-state index >= 15 is 0 Å². The number of anilines is 1. The Kier molecular flexibility index (Phi) is 2.17. The molecule has 2 rings (SSSR count). The molecule has 14 heavy (non-hydrogen) atoms. The van der Waals surface area contributed by atoms with E-state index < -0.39 is 0 Å². The van der Waals surface area contributed by atoms with E-state index in [9.17, 15) is 0 Å². The van der Waals surface area contributed by atoms with Crippen molar-refractivity contribution in [1.29, 1.82) is 0 Å². The van der Waals surface area contributed by atoms with E-state index in [4.69, 9.17) is 11.5 Å². The highest BCUT2D eigenvalue weighted by atomic mass is 15.0. The average molecular weight is 189 g/mol. The standard InChI is InChI=1S/C11H15N3/c1-2-14-9(7-12)6-8-4-3-5-10(13)11(8)14/h3-6H,2,7,12-13H2,1H3. The lowest BCUT2D eigenvalue weighted by Crippen LogP contribution is -2.06. The summed E-state index contributed by atoms with van der Waals surface area (Å²) in [5.74, 6) is 0. The van der Waals surface area contributed by atoms with Gasteiger partial charge in [0, 0.05) is 24.2 Å². The first-order valence-electron chi connectivity index (χ1n) is 4.84. The van der Waals surface area contributed by atoms with Gasteiger partial charge in [0.1, 0.15) is 0 Å². The van der Waals surface area contributed by atoms with Crippen LogP contribution in [0.25, 0.3) is 10.9 Å². The zero-order valence-corrected chi connectivity index (χ0v) is 8.33. The average Bonchev–Trinajstić information content (AvgIpc) is 2.56. The van der Waals surface area contributed by atoms with Crippen LogP contribution >= 0.6 is 0 Å². The first kappa shape index (κ1) is 9.09. The summed E-state index contributed by atoms with van der Waals surface area (Å²) in [4.78, 5) is 0. The van der Waals surface area contributed by atoms with Crippen molar-refractivity contribution in [2.24, 2.45) is 5.73 Å². The molecule has 4 N–H and O–H groups in total. The molecule has 0 bridgehead atoms. The van der Waals surface area contributed by atoms with Crippen molar-refractivity contribution >= 4 is 16.6 Å². The van der Waals surface area contributed by atoms with Gasteiger partial charge in [-0.15, -0.1) is 0 Å². The molecule has 0 unspecified atom stereocenters. The van der Waals surface area contributed by atoms with Crippen molar-refractivity contribution in [3.05, 3.63) is 30.0 Å². The molecule has 0 aliphatic heterocycles. The fourth-order valence-electron chi connectivity index (χ4n) is 1.94. The van der Waals surface area contributed by atoms with E-state index in [0.717, 1.165) is 23.4 Å². The molecule has 3 heteroatoms. The van der Waals surface area contributed by atoms with E-state index in [1.54, 1.807) is 0 Å². The molecule has 0 aliphatic carbocycles. The van der Waals surface area contributed by atoms with Gasteiger partial charge in [-0.25, -0.2) is 0 Å². The van der Waals surface area contributed by atoms with E-state index in [0.29, 0.717) is 6.54 Å². The Morgan fingerprint density at radius 2 is 2.14 bits per heavy atom. The minimum Gasteiger partial charge on any atom is -0.397 e. The van der Waals surface area contributed by atoms with Gasteiger partial charge in [-0.2, -0.15) is 0 Å². The lowest BCUT2D eigenvalue weighted by atomic mass is 10.2. The van der Waals surface area contributed by atoms with Crippen LogP contribution < -0.4 is 11.5 Å². The third kappa shape index (κ3) is 1.17. The third-order valence-corrected chi connectivity index (χ3v) is 2.56. The predicted molar refractivity (Wildman–Crippen MR) is 59.9 cm³/mol. The second kappa shape index (κ2) is 3.35. The second-order valence-corrected chi connectivity index (χ2v) is 3.37. The van der Waals surface area contributed by atoms with Gasteiger partial charge < -0.3 is 16.0 Å². The summed E-state index contributed by atoms with van der Waals surface area (Å²) in [7, 11) is 0. The van der Waals surface area contributed by atoms with Crippen molar-refractivity contribution in [3.8, 4) is 0 Å². The van der Waals surface area contributed by atoms with Gasteiger partial charge in [-0.3, -0.25) is 0 Å². The Morgan fingerprint density at radius 1 is 1.36 bits per heavy atom. The van der Waals surface area contributed by atoms with Crippen LogP contribution in [0, 0.1) is 0 Å². The smallest absolute Gasteiger partial charge is 0.0716 e. The van der Waals surface area contributed by atoms with Crippen LogP contribution in [-0.2, 0) is 13.1 Å². The van der Waals surface area contributed by atoms with E-state index in [2.05, 4.69) is 23.6 Å². The molecule has 1 heterocycles. The molecular formula is C11H15N3. The molecule has 1 aromatic carbocycles. The van der Waals surface area contributed by atoms with Gasteiger partial charge in [-0.05, 0) is 19.1 Å². The molecule has 3 nitrogen and oxygen atoms in total. The summed E-state index contributed by atoms with van der Waals surface area (Å²) >= 11 is 0. The molecule has 0 spiro atoms. The van der Waals surface area contributed by atoms with Crippen molar-refractivity contribution in [3.63, 3.8) is 0 Å². The minimum atomic E-state index is 0.558. The maximum atomic E-state index is 5.94. The molecule has 74 valence electrons. The lowest BCUT2D eigenvalue weighted by molar-refractivity contribution is 0.740.